The van der Waals surface area contributed by atoms with Gasteiger partial charge < -0.3 is 51.1 Å². The number of benzene rings is 6. The Balaban J connectivity index is 0.000000242. The van der Waals surface area contributed by atoms with Gasteiger partial charge in [-0.15, -0.1) is 0 Å². The average molecular weight is 1740 g/mol. The van der Waals surface area contributed by atoms with Crippen LogP contribution in [-0.2, 0) is 64.1 Å². The highest BCUT2D eigenvalue weighted by atomic mass is 32.2. The average Bonchev–Trinajstić information content (AvgIpc) is 1.59. The van der Waals surface area contributed by atoms with Crippen molar-refractivity contribution in [3.05, 3.63) is 255 Å². The van der Waals surface area contributed by atoms with Gasteiger partial charge in [-0.3, -0.25) is 43.3 Å². The van der Waals surface area contributed by atoms with Crippen LogP contribution in [0.3, 0.4) is 0 Å². The van der Waals surface area contributed by atoms with E-state index < -0.39 is 59.7 Å². The van der Waals surface area contributed by atoms with Crippen molar-refractivity contribution in [3.8, 4) is 34.3 Å². The number of nitrogens with two attached hydrogens (primary N) is 1. The molecule has 0 aliphatic carbocycles. The number of nitrogens with one attached hydrogen (secondary N) is 7. The number of hydrogen-bond donors (Lipinski definition) is 9. The summed E-state index contributed by atoms with van der Waals surface area (Å²) < 4.78 is 105. The molecule has 4 amide bonds. The maximum atomic E-state index is 13.5. The van der Waals surface area contributed by atoms with Gasteiger partial charge in [0.2, 0.25) is 30.1 Å². The van der Waals surface area contributed by atoms with E-state index in [4.69, 9.17) is 24.7 Å². The van der Waals surface area contributed by atoms with Crippen molar-refractivity contribution < 1.29 is 78.1 Å². The van der Waals surface area contributed by atoms with Gasteiger partial charge in [-0.05, 0) is 173 Å². The molecule has 0 radical (unpaired) electrons. The lowest BCUT2D eigenvalue weighted by atomic mass is 9.86. The number of pyridine rings is 2. The lowest BCUT2D eigenvalue weighted by molar-refractivity contribution is 0.0525. The first-order chi connectivity index (χ1) is 57.1. The quantitative estimate of drug-likeness (QED) is 0.0240. The molecule has 0 aliphatic rings. The fourth-order valence-corrected chi connectivity index (χ4v) is 13.4. The number of aromatic nitrogens is 8. The number of aryl methyl sites for hydroxylation is 3. The van der Waals surface area contributed by atoms with E-state index in [2.05, 4.69) is 60.7 Å². The van der Waals surface area contributed by atoms with Crippen molar-refractivity contribution >= 4 is 99.8 Å². The molecule has 0 fully saturated rings. The van der Waals surface area contributed by atoms with E-state index in [0.717, 1.165) is 63.3 Å². The normalized spacial score (nSPS) is 11.4. The molecule has 0 spiro atoms. The van der Waals surface area contributed by atoms with E-state index in [0.29, 0.717) is 75.0 Å². The van der Waals surface area contributed by atoms with E-state index in [1.54, 1.807) is 146 Å². The molecule has 36 heteroatoms. The first-order valence-corrected chi connectivity index (χ1v) is 43.5. The Morgan fingerprint density at radius 1 is 0.431 bits per heavy atom. The number of rotatable bonds is 25. The van der Waals surface area contributed by atoms with Gasteiger partial charge in [0.25, 0.3) is 23.6 Å². The molecule has 123 heavy (non-hydrogen) atoms. The highest BCUT2D eigenvalue weighted by Gasteiger charge is 2.28. The van der Waals surface area contributed by atoms with Gasteiger partial charge in [0.1, 0.15) is 0 Å². The standard InChI is InChI=1S/C30H34N6O5S.C26H32N4O6S.C24H28N4O6S.C6H8N2.CH4/c1-19-9-10-21(12-26(19)36-18-22(17-33-36)28(37)32-16-20-8-7-11-31-15-20)29(38)34-24-13-23(30(2,3)4)14-25(27(24)41-5)35-42(6,39)40;1-8-36-25(32)18-14-27-30(15-18)22-11-17(10-9-16(22)2)24(31)28-20-12-19(26(3,4)5)13-21(23(20)35-6)29-37(7,33)34;1-14-7-8-15(9-20(14)28-13-16(12-25-28)23(30)31)22(29)26-18-10-17(24(2,3)4)11-19(21(18)34-5)27-35(6,32)33;7-4-6-2-1-3-8-5-6;/h7-15,17-18,35H,16H2,1-6H3,(H,32,37)(H,34,38);9-15,29H,8H2,1-7H3,(H,28,31);7-13,27H,1-6H3,(H,26,29)(H,30,31);1-3,5H,4,7H2;1H4. The lowest BCUT2D eigenvalue weighted by Gasteiger charge is -2.24. The molecule has 0 atom stereocenters. The monoisotopic (exact) mass is 1740 g/mol. The predicted molar refractivity (Wildman–Crippen MR) is 476 cm³/mol. The number of hydrogen-bond acceptors (Lipinski definition) is 22. The Morgan fingerprint density at radius 2 is 0.748 bits per heavy atom. The summed E-state index contributed by atoms with van der Waals surface area (Å²) in [5, 5.41) is 33.2. The Labute approximate surface area is 717 Å². The highest BCUT2D eigenvalue weighted by molar-refractivity contribution is 7.92. The number of carboxylic acids is 1. The summed E-state index contributed by atoms with van der Waals surface area (Å²) in [5.74, 6) is -2.68. The number of nitrogens with zero attached hydrogens (tertiary/aromatic N) is 8. The number of carbonyl (C=O) groups is 6. The summed E-state index contributed by atoms with van der Waals surface area (Å²) in [6.45, 7) is 26.2. The van der Waals surface area contributed by atoms with Crippen LogP contribution in [0.4, 0.5) is 34.1 Å². The van der Waals surface area contributed by atoms with Crippen molar-refractivity contribution in [1.29, 1.82) is 0 Å². The first-order valence-electron chi connectivity index (χ1n) is 37.8. The van der Waals surface area contributed by atoms with Crippen LogP contribution in [0.1, 0.15) is 183 Å². The summed E-state index contributed by atoms with van der Waals surface area (Å²) in [5.41, 5.74) is 16.0. The highest BCUT2D eigenvalue weighted by Crippen LogP contribution is 2.43. The number of sulfonamides is 3. The number of carbonyl (C=O) groups excluding carboxylic acids is 5. The number of esters is 1. The van der Waals surface area contributed by atoms with Crippen LogP contribution in [0, 0.1) is 20.8 Å². The summed E-state index contributed by atoms with van der Waals surface area (Å²) in [4.78, 5) is 83.9. The second-order valence-electron chi connectivity index (χ2n) is 31.2. The second-order valence-corrected chi connectivity index (χ2v) is 36.5. The lowest BCUT2D eigenvalue weighted by Crippen LogP contribution is -2.22. The van der Waals surface area contributed by atoms with Gasteiger partial charge >= 0.3 is 11.9 Å². The van der Waals surface area contributed by atoms with E-state index in [1.165, 1.54) is 55.5 Å². The number of carboxylic acid groups (broad SMARTS) is 1. The number of aromatic carboxylic acids is 1. The van der Waals surface area contributed by atoms with E-state index in [1.807, 2.05) is 101 Å². The number of methoxy groups -OCH3 is 3. The van der Waals surface area contributed by atoms with Crippen LogP contribution in [0.5, 0.6) is 17.2 Å². The SMILES string of the molecule is C.CCOC(=O)c1cnn(-c2cc(C(=O)Nc3cc(C(C)(C)C)cc(NS(C)(=O)=O)c3OC)ccc2C)c1.COc1c(NC(=O)c2ccc(C)c(-n3cc(C(=O)NCc4cccnc4)cn3)c2)cc(C(C)(C)C)cc1NS(C)(=O)=O.COc1c(NC(=O)c2ccc(C)c(-n3cc(C(=O)O)cn3)c2)cc(C(C)(C)C)cc1NS(C)(=O)=O.NCc1cccnc1. The molecule has 5 aromatic heterocycles. The molecule has 0 unspecified atom stereocenters. The van der Waals surface area contributed by atoms with Gasteiger partial charge in [0.05, 0.1) is 133 Å². The molecule has 0 saturated carbocycles. The second kappa shape index (κ2) is 40.8. The molecule has 10 N–H and O–H groups in total. The molecule has 654 valence electrons. The van der Waals surface area contributed by atoms with Crippen LogP contribution < -0.4 is 55.4 Å². The third-order valence-corrected chi connectivity index (χ3v) is 19.9. The minimum atomic E-state index is -3.62. The fourth-order valence-electron chi connectivity index (χ4n) is 11.7. The molecule has 0 bridgehead atoms. The van der Waals surface area contributed by atoms with Crippen molar-refractivity contribution in [2.75, 3.05) is 76.8 Å². The van der Waals surface area contributed by atoms with Gasteiger partial charge in [0.15, 0.2) is 17.2 Å². The third-order valence-electron chi connectivity index (χ3n) is 18.2. The molecule has 0 saturated heterocycles. The van der Waals surface area contributed by atoms with Gasteiger partial charge in [0, 0.05) is 73.2 Å². The largest absolute Gasteiger partial charge is 0.492 e. The molecule has 11 aromatic rings. The van der Waals surface area contributed by atoms with Crippen LogP contribution in [0.2, 0.25) is 0 Å². The van der Waals surface area contributed by atoms with Crippen molar-refractivity contribution in [2.45, 2.75) is 127 Å². The smallest absolute Gasteiger partial charge is 0.341 e. The van der Waals surface area contributed by atoms with Gasteiger partial charge in [-0.2, -0.15) is 15.3 Å². The third kappa shape index (κ3) is 27.1. The van der Waals surface area contributed by atoms with Crippen molar-refractivity contribution in [3.63, 3.8) is 0 Å². The van der Waals surface area contributed by atoms with E-state index in [9.17, 15) is 59.1 Å². The Morgan fingerprint density at radius 3 is 1.03 bits per heavy atom. The molecule has 6 aromatic carbocycles. The summed E-state index contributed by atoms with van der Waals surface area (Å²) in [6, 6.07) is 33.0. The number of anilines is 6. The van der Waals surface area contributed by atoms with Gasteiger partial charge in [-0.25, -0.2) is 48.9 Å². The summed E-state index contributed by atoms with van der Waals surface area (Å²) in [7, 11) is -6.64. The molecular weight excluding hydrogens is 1640 g/mol. The maximum absolute atomic E-state index is 13.5. The topological polar surface area (TPSA) is 451 Å². The zero-order chi connectivity index (χ0) is 90.1. The predicted octanol–water partition coefficient (Wildman–Crippen LogP) is 13.7. The zero-order valence-corrected chi connectivity index (χ0v) is 73.7. The molecule has 0 aliphatic heterocycles. The Hall–Kier alpha value is -13.3. The minimum absolute atomic E-state index is 0. The van der Waals surface area contributed by atoms with Crippen LogP contribution in [-0.4, -0.2) is 152 Å². The van der Waals surface area contributed by atoms with Crippen LogP contribution in [0.15, 0.2) is 177 Å². The van der Waals surface area contributed by atoms with Crippen molar-refractivity contribution in [1.82, 2.24) is 44.6 Å². The van der Waals surface area contributed by atoms with Crippen molar-refractivity contribution in [2.24, 2.45) is 5.73 Å². The Kier molecular flexibility index (Phi) is 32.1. The number of amides is 4. The van der Waals surface area contributed by atoms with Crippen LogP contribution >= 0.6 is 0 Å². The minimum Gasteiger partial charge on any atom is -0.492 e. The first kappa shape index (κ1) is 96.8. The molecule has 5 heterocycles. The molecular formula is C87H106N16O17S3. The van der Waals surface area contributed by atoms with E-state index >= 15 is 0 Å². The summed E-state index contributed by atoms with van der Waals surface area (Å²) in [6.07, 6.45) is 18.6. The zero-order valence-electron chi connectivity index (χ0n) is 71.2. The molecule has 33 nitrogen and oxygen atoms in total. The fraction of sp³-hybridized carbons (Fsp3) is 0.299. The maximum Gasteiger partial charge on any atom is 0.341 e. The summed E-state index contributed by atoms with van der Waals surface area (Å²) >= 11 is 0. The number of ether oxygens (including phenoxy) is 4. The van der Waals surface area contributed by atoms with Crippen LogP contribution in [0.25, 0.3) is 17.1 Å². The Bertz CT molecular complexity index is 6030. The molecule has 11 rings (SSSR count). The van der Waals surface area contributed by atoms with Gasteiger partial charge in [-0.1, -0.05) is 100 Å². The van der Waals surface area contributed by atoms with E-state index in [-0.39, 0.29) is 76.1 Å².